The molecule has 0 fully saturated rings. The predicted octanol–water partition coefficient (Wildman–Crippen LogP) is 3.40. The van der Waals surface area contributed by atoms with Crippen LogP contribution in [0.5, 0.6) is 0 Å². The van der Waals surface area contributed by atoms with Crippen molar-refractivity contribution < 1.29 is 9.53 Å². The second-order valence-electron chi connectivity index (χ2n) is 4.97. The van der Waals surface area contributed by atoms with Gasteiger partial charge in [-0.2, -0.15) is 0 Å². The van der Waals surface area contributed by atoms with E-state index in [0.29, 0.717) is 24.1 Å². The van der Waals surface area contributed by atoms with Gasteiger partial charge in [0.15, 0.2) is 0 Å². The Labute approximate surface area is 126 Å². The molecule has 3 rings (SSSR count). The number of fused-ring (bicyclic) bond motifs is 3. The third-order valence-corrected chi connectivity index (χ3v) is 5.11. The van der Waals surface area contributed by atoms with E-state index in [9.17, 15) is 4.79 Å². The third-order valence-electron chi connectivity index (χ3n) is 3.66. The van der Waals surface area contributed by atoms with Gasteiger partial charge in [0.05, 0.1) is 12.0 Å². The van der Waals surface area contributed by atoms with Crippen LogP contribution in [0.2, 0.25) is 5.15 Å². The lowest BCUT2D eigenvalue weighted by Gasteiger charge is -2.21. The molecule has 106 valence electrons. The van der Waals surface area contributed by atoms with Crippen LogP contribution in [0.1, 0.15) is 30.2 Å². The van der Waals surface area contributed by atoms with E-state index in [2.05, 4.69) is 9.97 Å². The number of ether oxygens (including phenoxy) is 1. The number of aryl methyl sites for hydroxylation is 1. The van der Waals surface area contributed by atoms with Crippen LogP contribution in [0.4, 0.5) is 0 Å². The van der Waals surface area contributed by atoms with Crippen molar-refractivity contribution in [2.24, 2.45) is 5.92 Å². The van der Waals surface area contributed by atoms with E-state index >= 15 is 0 Å². The summed E-state index contributed by atoms with van der Waals surface area (Å²) < 4.78 is 5.03. The highest BCUT2D eigenvalue weighted by Crippen LogP contribution is 2.40. The van der Waals surface area contributed by atoms with Crippen LogP contribution >= 0.6 is 22.9 Å². The molecule has 1 atom stereocenters. The molecule has 0 saturated carbocycles. The number of rotatable bonds is 3. The lowest BCUT2D eigenvalue weighted by atomic mass is 9.86. The fourth-order valence-corrected chi connectivity index (χ4v) is 4.37. The molecular formula is C14H15ClN2O2S. The maximum absolute atomic E-state index is 11.6. The number of thiophene rings is 1. The average Bonchev–Trinajstić information content (AvgIpc) is 2.77. The Morgan fingerprint density at radius 3 is 3.20 bits per heavy atom. The van der Waals surface area contributed by atoms with Crippen LogP contribution in [0.15, 0.2) is 6.33 Å². The lowest BCUT2D eigenvalue weighted by Crippen LogP contribution is -2.18. The van der Waals surface area contributed by atoms with Gasteiger partial charge >= 0.3 is 5.97 Å². The Morgan fingerprint density at radius 2 is 2.40 bits per heavy atom. The number of aromatic nitrogens is 2. The minimum atomic E-state index is -0.0973. The van der Waals surface area contributed by atoms with Crippen molar-refractivity contribution in [1.82, 2.24) is 9.97 Å². The number of hydrogen-bond donors (Lipinski definition) is 0. The van der Waals surface area contributed by atoms with Gasteiger partial charge in [0.2, 0.25) is 0 Å². The molecule has 0 aliphatic heterocycles. The molecule has 1 aliphatic carbocycles. The number of halogens is 1. The van der Waals surface area contributed by atoms with Crippen LogP contribution in [0.25, 0.3) is 10.2 Å². The van der Waals surface area contributed by atoms with Gasteiger partial charge in [-0.3, -0.25) is 4.79 Å². The molecule has 2 aromatic heterocycles. The van der Waals surface area contributed by atoms with Crippen molar-refractivity contribution in [2.45, 2.75) is 32.6 Å². The fraction of sp³-hybridized carbons (Fsp3) is 0.500. The highest BCUT2D eigenvalue weighted by Gasteiger charge is 2.26. The van der Waals surface area contributed by atoms with Crippen LogP contribution in [-0.4, -0.2) is 22.5 Å². The first-order valence-corrected chi connectivity index (χ1v) is 7.94. The number of hydrogen-bond acceptors (Lipinski definition) is 5. The van der Waals surface area contributed by atoms with Crippen LogP contribution in [-0.2, 0) is 22.4 Å². The van der Waals surface area contributed by atoms with Gasteiger partial charge in [0.25, 0.3) is 0 Å². The lowest BCUT2D eigenvalue weighted by molar-refractivity contribution is -0.144. The monoisotopic (exact) mass is 310 g/mol. The zero-order valence-corrected chi connectivity index (χ0v) is 12.8. The average molecular weight is 311 g/mol. The molecule has 0 saturated heterocycles. The first kappa shape index (κ1) is 13.8. The molecule has 6 heteroatoms. The van der Waals surface area contributed by atoms with Crippen LogP contribution < -0.4 is 0 Å². The highest BCUT2D eigenvalue weighted by atomic mass is 35.5. The molecule has 0 amide bonds. The van der Waals surface area contributed by atoms with Gasteiger partial charge in [-0.25, -0.2) is 9.97 Å². The van der Waals surface area contributed by atoms with Crippen molar-refractivity contribution in [1.29, 1.82) is 0 Å². The van der Waals surface area contributed by atoms with Crippen molar-refractivity contribution >= 4 is 39.1 Å². The summed E-state index contributed by atoms with van der Waals surface area (Å²) in [4.78, 5) is 22.2. The Hall–Kier alpha value is -1.20. The minimum absolute atomic E-state index is 0.0973. The maximum atomic E-state index is 11.6. The first-order valence-electron chi connectivity index (χ1n) is 6.75. The summed E-state index contributed by atoms with van der Waals surface area (Å²) in [6, 6.07) is 0. The molecule has 1 aliphatic rings. The van der Waals surface area contributed by atoms with E-state index in [4.69, 9.17) is 16.3 Å². The summed E-state index contributed by atoms with van der Waals surface area (Å²) in [6.45, 7) is 2.29. The van der Waals surface area contributed by atoms with Crippen molar-refractivity contribution in [3.8, 4) is 0 Å². The Kier molecular flexibility index (Phi) is 3.89. The summed E-state index contributed by atoms with van der Waals surface area (Å²) in [6.07, 6.45) is 4.84. The molecule has 0 bridgehead atoms. The maximum Gasteiger partial charge on any atom is 0.306 e. The minimum Gasteiger partial charge on any atom is -0.466 e. The highest BCUT2D eigenvalue weighted by molar-refractivity contribution is 7.19. The number of nitrogens with zero attached hydrogens (tertiary/aromatic N) is 2. The quantitative estimate of drug-likeness (QED) is 0.644. The first-order chi connectivity index (χ1) is 9.69. The Morgan fingerprint density at radius 1 is 1.55 bits per heavy atom. The van der Waals surface area contributed by atoms with E-state index in [1.54, 1.807) is 11.3 Å². The molecular weight excluding hydrogens is 296 g/mol. The van der Waals surface area contributed by atoms with E-state index in [1.807, 2.05) is 6.92 Å². The third kappa shape index (κ3) is 2.52. The van der Waals surface area contributed by atoms with Gasteiger partial charge in [-0.15, -0.1) is 11.3 Å². The van der Waals surface area contributed by atoms with E-state index in [1.165, 1.54) is 16.8 Å². The number of carbonyl (C=O) groups is 1. The summed E-state index contributed by atoms with van der Waals surface area (Å²) in [5.41, 5.74) is 1.27. The molecule has 0 aromatic carbocycles. The molecule has 2 aromatic rings. The van der Waals surface area contributed by atoms with Crippen molar-refractivity contribution in [3.05, 3.63) is 21.9 Å². The largest absolute Gasteiger partial charge is 0.466 e. The zero-order valence-electron chi connectivity index (χ0n) is 11.2. The normalized spacial score (nSPS) is 18.0. The molecule has 0 radical (unpaired) electrons. The zero-order chi connectivity index (χ0) is 14.1. The Bertz CT molecular complexity index is 656. The van der Waals surface area contributed by atoms with E-state index < -0.39 is 0 Å². The summed E-state index contributed by atoms with van der Waals surface area (Å²) in [5, 5.41) is 1.54. The molecule has 4 nitrogen and oxygen atoms in total. The topological polar surface area (TPSA) is 52.1 Å². The van der Waals surface area contributed by atoms with Crippen LogP contribution in [0.3, 0.4) is 0 Å². The summed E-state index contributed by atoms with van der Waals surface area (Å²) in [7, 11) is 0. The van der Waals surface area contributed by atoms with Gasteiger partial charge in [0, 0.05) is 11.3 Å². The number of esters is 1. The molecule has 2 heterocycles. The van der Waals surface area contributed by atoms with Gasteiger partial charge < -0.3 is 4.74 Å². The molecule has 20 heavy (non-hydrogen) atoms. The van der Waals surface area contributed by atoms with Gasteiger partial charge in [-0.1, -0.05) is 11.6 Å². The summed E-state index contributed by atoms with van der Waals surface area (Å²) >= 11 is 7.85. The van der Waals surface area contributed by atoms with Gasteiger partial charge in [0.1, 0.15) is 16.3 Å². The molecule has 1 unspecified atom stereocenters. The second-order valence-corrected chi connectivity index (χ2v) is 6.41. The smallest absolute Gasteiger partial charge is 0.306 e. The van der Waals surface area contributed by atoms with E-state index in [-0.39, 0.29) is 5.97 Å². The summed E-state index contributed by atoms with van der Waals surface area (Å²) in [5.74, 6) is 0.265. The van der Waals surface area contributed by atoms with Crippen molar-refractivity contribution in [2.75, 3.05) is 6.61 Å². The van der Waals surface area contributed by atoms with Crippen molar-refractivity contribution in [3.63, 3.8) is 0 Å². The van der Waals surface area contributed by atoms with Crippen LogP contribution in [0, 0.1) is 5.92 Å². The fourth-order valence-electron chi connectivity index (χ4n) is 2.77. The molecule has 0 spiro atoms. The predicted molar refractivity (Wildman–Crippen MR) is 79.2 cm³/mol. The number of carbonyl (C=O) groups excluding carboxylic acids is 1. The molecule has 0 N–H and O–H groups in total. The SMILES string of the molecule is CCOC(=O)CC1CCc2c(sc3ncnc(Cl)c23)C1. The second kappa shape index (κ2) is 5.66. The van der Waals surface area contributed by atoms with E-state index in [0.717, 1.165) is 29.5 Å². The van der Waals surface area contributed by atoms with Gasteiger partial charge in [-0.05, 0) is 37.7 Å². The Balaban J connectivity index is 1.84. The standard InChI is InChI=1S/C14H15ClN2O2S/c1-2-19-11(18)6-8-3-4-9-10(5-8)20-14-12(9)13(15)16-7-17-14/h7-8H,2-6H2,1H3.